The Bertz CT molecular complexity index is 695. The highest BCUT2D eigenvalue weighted by Gasteiger charge is 1.96. The van der Waals surface area contributed by atoms with Gasteiger partial charge in [-0.25, -0.2) is 0 Å². The molecule has 110 valence electrons. The first-order valence-corrected chi connectivity index (χ1v) is 6.26. The van der Waals surface area contributed by atoms with Gasteiger partial charge in [0.1, 0.15) is 6.54 Å². The molecule has 0 saturated carbocycles. The number of rotatable bonds is 3. The molecule has 0 radical (unpaired) electrons. The maximum absolute atomic E-state index is 10.2. The van der Waals surface area contributed by atoms with Crippen LogP contribution in [0.1, 0.15) is 11.1 Å². The highest BCUT2D eigenvalue weighted by atomic mass is 16.4. The molecule has 0 spiro atoms. The van der Waals surface area contributed by atoms with Crippen molar-refractivity contribution >= 4 is 17.3 Å². The molecule has 0 aliphatic heterocycles. The van der Waals surface area contributed by atoms with Gasteiger partial charge in [0.05, 0.1) is 23.3 Å². The number of anilines is 2. The second-order valence-electron chi connectivity index (χ2n) is 4.17. The van der Waals surface area contributed by atoms with Gasteiger partial charge in [0.2, 0.25) is 0 Å². The number of aliphatic carboxylic acids is 1. The second-order valence-corrected chi connectivity index (χ2v) is 4.17. The van der Waals surface area contributed by atoms with Crippen LogP contribution in [-0.2, 0) is 4.79 Å². The molecule has 0 fully saturated rings. The van der Waals surface area contributed by atoms with E-state index in [4.69, 9.17) is 21.4 Å². The lowest BCUT2D eigenvalue weighted by molar-refractivity contribution is -0.134. The minimum atomic E-state index is -0.913. The fourth-order valence-corrected chi connectivity index (χ4v) is 1.40. The van der Waals surface area contributed by atoms with Crippen LogP contribution in [0.3, 0.4) is 0 Å². The monoisotopic (exact) mass is 294 g/mol. The molecule has 0 aliphatic rings. The van der Waals surface area contributed by atoms with Gasteiger partial charge in [-0.05, 0) is 48.5 Å². The number of hydrogen-bond acceptors (Lipinski definition) is 5. The fraction of sp³-hybridized carbons (Fsp3) is 0.0625. The summed E-state index contributed by atoms with van der Waals surface area (Å²) in [6, 6.07) is 17.4. The Kier molecular flexibility index (Phi) is 6.48. The Hall–Kier alpha value is -3.51. The Labute approximate surface area is 128 Å². The minimum absolute atomic E-state index is 0.119. The van der Waals surface area contributed by atoms with E-state index in [2.05, 4.69) is 5.32 Å². The molecule has 0 aliphatic carbocycles. The first-order chi connectivity index (χ1) is 10.5. The van der Waals surface area contributed by atoms with Crippen molar-refractivity contribution in [1.82, 2.24) is 0 Å². The molecular formula is C16H14N4O2. The number of nitriles is 2. The zero-order chi connectivity index (χ0) is 16.4. The van der Waals surface area contributed by atoms with Crippen LogP contribution in [0.4, 0.5) is 11.4 Å². The van der Waals surface area contributed by atoms with Gasteiger partial charge in [-0.15, -0.1) is 0 Å². The number of nitrogens with zero attached hydrogens (tertiary/aromatic N) is 2. The molecule has 2 aromatic rings. The Morgan fingerprint density at radius 3 is 1.86 bits per heavy atom. The lowest BCUT2D eigenvalue weighted by atomic mass is 10.2. The van der Waals surface area contributed by atoms with E-state index in [-0.39, 0.29) is 6.54 Å². The lowest BCUT2D eigenvalue weighted by Gasteiger charge is -2.01. The lowest BCUT2D eigenvalue weighted by Crippen LogP contribution is -2.11. The summed E-state index contributed by atoms with van der Waals surface area (Å²) in [4.78, 5) is 10.2. The Balaban J connectivity index is 0.000000235. The first kappa shape index (κ1) is 16.5. The third kappa shape index (κ3) is 6.09. The van der Waals surface area contributed by atoms with Crippen LogP contribution in [0.2, 0.25) is 0 Å². The molecule has 0 heterocycles. The Morgan fingerprint density at radius 2 is 1.45 bits per heavy atom. The third-order valence-electron chi connectivity index (χ3n) is 2.50. The minimum Gasteiger partial charge on any atom is -0.480 e. The Morgan fingerprint density at radius 1 is 1.00 bits per heavy atom. The quantitative estimate of drug-likeness (QED) is 0.746. The van der Waals surface area contributed by atoms with Gasteiger partial charge in [0.25, 0.3) is 0 Å². The van der Waals surface area contributed by atoms with Gasteiger partial charge in [0.15, 0.2) is 0 Å². The first-order valence-electron chi connectivity index (χ1n) is 6.26. The number of benzene rings is 2. The van der Waals surface area contributed by atoms with E-state index in [1.807, 2.05) is 12.1 Å². The second kappa shape index (κ2) is 8.62. The van der Waals surface area contributed by atoms with Crippen molar-refractivity contribution in [2.24, 2.45) is 0 Å². The predicted molar refractivity (Wildman–Crippen MR) is 82.9 cm³/mol. The molecule has 0 atom stereocenters. The van der Waals surface area contributed by atoms with Gasteiger partial charge in [-0.2, -0.15) is 10.5 Å². The molecule has 0 saturated heterocycles. The van der Waals surface area contributed by atoms with E-state index >= 15 is 0 Å². The van der Waals surface area contributed by atoms with E-state index < -0.39 is 5.97 Å². The van der Waals surface area contributed by atoms with E-state index in [0.717, 1.165) is 0 Å². The third-order valence-corrected chi connectivity index (χ3v) is 2.50. The van der Waals surface area contributed by atoms with Crippen molar-refractivity contribution in [3.63, 3.8) is 0 Å². The van der Waals surface area contributed by atoms with Crippen LogP contribution in [0.5, 0.6) is 0 Å². The maximum atomic E-state index is 10.2. The molecular weight excluding hydrogens is 280 g/mol. The van der Waals surface area contributed by atoms with Crippen LogP contribution in [0.25, 0.3) is 0 Å². The SMILES string of the molecule is N#Cc1ccc(N)cc1.N#Cc1ccc(NCC(=O)O)cc1. The standard InChI is InChI=1S/C9H8N2O2.C7H6N2/c10-5-7-1-3-8(4-2-7)11-6-9(12)13;8-5-6-1-3-7(9)4-2-6/h1-4,11H,6H2,(H,12,13);1-4H,9H2. The van der Waals surface area contributed by atoms with Crippen LogP contribution in [0, 0.1) is 22.7 Å². The molecule has 0 aromatic heterocycles. The van der Waals surface area contributed by atoms with Gasteiger partial charge >= 0.3 is 5.97 Å². The van der Waals surface area contributed by atoms with E-state index in [0.29, 0.717) is 22.5 Å². The predicted octanol–water partition coefficient (Wildman–Crippen LogP) is 2.20. The summed E-state index contributed by atoms with van der Waals surface area (Å²) in [5.41, 5.74) is 7.96. The molecule has 0 amide bonds. The van der Waals surface area contributed by atoms with Crippen molar-refractivity contribution in [1.29, 1.82) is 10.5 Å². The van der Waals surface area contributed by atoms with Gasteiger partial charge < -0.3 is 16.2 Å². The average molecular weight is 294 g/mol. The van der Waals surface area contributed by atoms with Crippen LogP contribution in [0.15, 0.2) is 48.5 Å². The van der Waals surface area contributed by atoms with Crippen molar-refractivity contribution in [3.05, 3.63) is 59.7 Å². The molecule has 0 unspecified atom stereocenters. The summed E-state index contributed by atoms with van der Waals surface area (Å²) >= 11 is 0. The van der Waals surface area contributed by atoms with Gasteiger partial charge in [-0.3, -0.25) is 4.79 Å². The van der Waals surface area contributed by atoms with Crippen LogP contribution in [-0.4, -0.2) is 17.6 Å². The molecule has 2 rings (SSSR count). The number of nitrogens with one attached hydrogen (secondary N) is 1. The summed E-state index contributed by atoms with van der Waals surface area (Å²) in [6.07, 6.45) is 0. The summed E-state index contributed by atoms with van der Waals surface area (Å²) in [7, 11) is 0. The summed E-state index contributed by atoms with van der Waals surface area (Å²) in [5.74, 6) is -0.913. The van der Waals surface area contributed by atoms with E-state index in [9.17, 15) is 4.79 Å². The number of carbonyl (C=O) groups is 1. The van der Waals surface area contributed by atoms with E-state index in [1.165, 1.54) is 0 Å². The zero-order valence-electron chi connectivity index (χ0n) is 11.7. The number of carboxylic acids is 1. The number of hydrogen-bond donors (Lipinski definition) is 3. The molecule has 6 heteroatoms. The highest BCUT2D eigenvalue weighted by molar-refractivity contribution is 5.72. The van der Waals surface area contributed by atoms with Crippen molar-refractivity contribution in [2.45, 2.75) is 0 Å². The van der Waals surface area contributed by atoms with Crippen LogP contribution < -0.4 is 11.1 Å². The number of nitrogens with two attached hydrogens (primary N) is 1. The molecule has 2 aromatic carbocycles. The zero-order valence-corrected chi connectivity index (χ0v) is 11.7. The van der Waals surface area contributed by atoms with Crippen molar-refractivity contribution in [2.75, 3.05) is 17.6 Å². The molecule has 22 heavy (non-hydrogen) atoms. The van der Waals surface area contributed by atoms with Crippen molar-refractivity contribution in [3.8, 4) is 12.1 Å². The largest absolute Gasteiger partial charge is 0.480 e. The average Bonchev–Trinajstić information content (AvgIpc) is 2.55. The summed E-state index contributed by atoms with van der Waals surface area (Å²) in [5, 5.41) is 27.9. The number of nitrogen functional groups attached to an aromatic ring is 1. The molecule has 6 nitrogen and oxygen atoms in total. The topological polar surface area (TPSA) is 123 Å². The number of carboxylic acid groups (broad SMARTS) is 1. The summed E-state index contributed by atoms with van der Waals surface area (Å²) in [6.45, 7) is -0.119. The van der Waals surface area contributed by atoms with E-state index in [1.54, 1.807) is 48.5 Å². The smallest absolute Gasteiger partial charge is 0.322 e. The molecule has 0 bridgehead atoms. The molecule has 4 N–H and O–H groups in total. The highest BCUT2D eigenvalue weighted by Crippen LogP contribution is 2.07. The van der Waals surface area contributed by atoms with Gasteiger partial charge in [-0.1, -0.05) is 0 Å². The van der Waals surface area contributed by atoms with Gasteiger partial charge in [0, 0.05) is 11.4 Å². The fourth-order valence-electron chi connectivity index (χ4n) is 1.40. The van der Waals surface area contributed by atoms with Crippen LogP contribution >= 0.6 is 0 Å². The summed E-state index contributed by atoms with van der Waals surface area (Å²) < 4.78 is 0. The normalized spacial score (nSPS) is 8.64. The maximum Gasteiger partial charge on any atom is 0.322 e. The van der Waals surface area contributed by atoms with Crippen molar-refractivity contribution < 1.29 is 9.90 Å².